The molecule has 0 unspecified atom stereocenters. The molecule has 3 aromatic rings. The maximum Gasteiger partial charge on any atom is 0.223 e. The van der Waals surface area contributed by atoms with Gasteiger partial charge in [0, 0.05) is 48.7 Å². The van der Waals surface area contributed by atoms with Gasteiger partial charge in [0.25, 0.3) is 0 Å². The van der Waals surface area contributed by atoms with Gasteiger partial charge in [-0.15, -0.1) is 6.58 Å². The number of aromatic nitrogens is 3. The molecule has 1 aliphatic rings. The molecule has 0 spiro atoms. The summed E-state index contributed by atoms with van der Waals surface area (Å²) in [5.41, 5.74) is 9.34. The van der Waals surface area contributed by atoms with E-state index in [0.717, 1.165) is 62.5 Å². The zero-order valence-electron chi connectivity index (χ0n) is 23.6. The van der Waals surface area contributed by atoms with Crippen molar-refractivity contribution < 1.29 is 0 Å². The summed E-state index contributed by atoms with van der Waals surface area (Å²) in [7, 11) is 0. The van der Waals surface area contributed by atoms with E-state index in [2.05, 4.69) is 62.5 Å². The van der Waals surface area contributed by atoms with Crippen LogP contribution >= 0.6 is 0 Å². The lowest BCUT2D eigenvalue weighted by Gasteiger charge is -2.30. The topological polar surface area (TPSA) is 88.8 Å². The van der Waals surface area contributed by atoms with Crippen LogP contribution < -0.4 is 16.4 Å². The molecule has 0 aliphatic heterocycles. The van der Waals surface area contributed by atoms with Crippen molar-refractivity contribution in [2.75, 3.05) is 11.9 Å². The number of nitrogens with zero attached hydrogens (tertiary/aromatic N) is 3. The molecule has 1 aromatic carbocycles. The van der Waals surface area contributed by atoms with Gasteiger partial charge >= 0.3 is 0 Å². The molecule has 0 bridgehead atoms. The Hall–Kier alpha value is -3.09. The second-order valence-corrected chi connectivity index (χ2v) is 8.26. The average molecular weight is 505 g/mol. The van der Waals surface area contributed by atoms with Crippen LogP contribution in [0.3, 0.4) is 0 Å². The van der Waals surface area contributed by atoms with Crippen LogP contribution in [0.25, 0.3) is 11.3 Å². The maximum absolute atomic E-state index is 4.85. The number of allylic oxidation sites excluding steroid dienone is 1. The predicted molar refractivity (Wildman–Crippen MR) is 160 cm³/mol. The number of pyridine rings is 1. The van der Waals surface area contributed by atoms with E-state index in [9.17, 15) is 0 Å². The van der Waals surface area contributed by atoms with E-state index in [4.69, 9.17) is 5.73 Å². The quantitative estimate of drug-likeness (QED) is 0.292. The van der Waals surface area contributed by atoms with Crippen LogP contribution in [-0.4, -0.2) is 33.6 Å². The fourth-order valence-electron chi connectivity index (χ4n) is 3.99. The Balaban J connectivity index is 0.000000894. The maximum atomic E-state index is 4.85. The van der Waals surface area contributed by atoms with Crippen molar-refractivity contribution in [1.29, 1.82) is 0 Å². The Bertz CT molecular complexity index is 968. The summed E-state index contributed by atoms with van der Waals surface area (Å²) < 4.78 is 0. The lowest BCUT2D eigenvalue weighted by atomic mass is 9.91. The third-order valence-electron chi connectivity index (χ3n) is 5.61. The van der Waals surface area contributed by atoms with Crippen molar-refractivity contribution in [2.24, 2.45) is 5.73 Å². The van der Waals surface area contributed by atoms with Crippen molar-refractivity contribution in [3.05, 3.63) is 84.8 Å². The number of hydrogen-bond donors (Lipinski definition) is 3. The molecule has 1 aliphatic carbocycles. The lowest BCUT2D eigenvalue weighted by molar-refractivity contribution is 0.352. The van der Waals surface area contributed by atoms with Crippen LogP contribution in [0.5, 0.6) is 0 Å². The van der Waals surface area contributed by atoms with Gasteiger partial charge in [0.2, 0.25) is 5.95 Å². The molecule has 4 N–H and O–H groups in total. The van der Waals surface area contributed by atoms with Crippen molar-refractivity contribution >= 4 is 5.95 Å². The summed E-state index contributed by atoms with van der Waals surface area (Å²) in [6, 6.07) is 17.6. The van der Waals surface area contributed by atoms with Gasteiger partial charge in [-0.25, -0.2) is 9.97 Å². The first-order chi connectivity index (χ1) is 18.2. The van der Waals surface area contributed by atoms with Crippen molar-refractivity contribution in [2.45, 2.75) is 85.4 Å². The van der Waals surface area contributed by atoms with Gasteiger partial charge < -0.3 is 16.4 Å². The van der Waals surface area contributed by atoms with E-state index in [-0.39, 0.29) is 0 Å². The summed E-state index contributed by atoms with van der Waals surface area (Å²) in [6.45, 7) is 15.3. The minimum atomic E-state index is 0.439. The molecule has 202 valence electrons. The number of nitrogens with two attached hydrogens (primary N) is 1. The molecule has 0 amide bonds. The zero-order chi connectivity index (χ0) is 27.3. The Morgan fingerprint density at radius 2 is 1.62 bits per heavy atom. The van der Waals surface area contributed by atoms with Crippen molar-refractivity contribution in [3.8, 4) is 11.3 Å². The van der Waals surface area contributed by atoms with Gasteiger partial charge in [-0.05, 0) is 62.1 Å². The summed E-state index contributed by atoms with van der Waals surface area (Å²) in [4.78, 5) is 13.4. The highest BCUT2D eigenvalue weighted by Crippen LogP contribution is 2.22. The number of nitrogens with one attached hydrogen (secondary N) is 2. The van der Waals surface area contributed by atoms with Gasteiger partial charge in [-0.1, -0.05) is 65.0 Å². The normalized spacial score (nSPS) is 15.9. The molecule has 4 rings (SSSR count). The first kappa shape index (κ1) is 31.9. The molecular weight excluding hydrogens is 456 g/mol. The number of hydrogen-bond acceptors (Lipinski definition) is 6. The molecule has 1 fully saturated rings. The van der Waals surface area contributed by atoms with Crippen LogP contribution in [0.2, 0.25) is 0 Å². The molecular formula is C31H48N6. The van der Waals surface area contributed by atoms with Gasteiger partial charge in [0.15, 0.2) is 0 Å². The lowest BCUT2D eigenvalue weighted by Crippen LogP contribution is -2.36. The highest BCUT2D eigenvalue weighted by Gasteiger charge is 2.21. The van der Waals surface area contributed by atoms with Crippen molar-refractivity contribution in [3.63, 3.8) is 0 Å². The Morgan fingerprint density at radius 3 is 2.27 bits per heavy atom. The second kappa shape index (κ2) is 20.0. The van der Waals surface area contributed by atoms with E-state index in [1.165, 1.54) is 11.1 Å². The van der Waals surface area contributed by atoms with E-state index in [0.29, 0.717) is 12.1 Å². The smallest absolute Gasteiger partial charge is 0.223 e. The van der Waals surface area contributed by atoms with E-state index in [1.54, 1.807) is 0 Å². The number of rotatable bonds is 8. The largest absolute Gasteiger partial charge is 0.351 e. The first-order valence-electron chi connectivity index (χ1n) is 13.8. The average Bonchev–Trinajstić information content (AvgIpc) is 2.96. The van der Waals surface area contributed by atoms with E-state index < -0.39 is 0 Å². The third kappa shape index (κ3) is 12.1. The molecule has 0 saturated heterocycles. The molecule has 6 nitrogen and oxygen atoms in total. The van der Waals surface area contributed by atoms with E-state index >= 15 is 0 Å². The van der Waals surface area contributed by atoms with Gasteiger partial charge in [0.1, 0.15) is 0 Å². The van der Waals surface area contributed by atoms with Crippen LogP contribution in [0.4, 0.5) is 5.95 Å². The highest BCUT2D eigenvalue weighted by molar-refractivity contribution is 5.59. The zero-order valence-corrected chi connectivity index (χ0v) is 23.6. The Kier molecular flexibility index (Phi) is 17.3. The molecule has 2 heterocycles. The predicted octanol–water partition coefficient (Wildman–Crippen LogP) is 6.80. The monoisotopic (exact) mass is 504 g/mol. The van der Waals surface area contributed by atoms with Crippen LogP contribution in [0.15, 0.2) is 73.6 Å². The molecule has 0 radical (unpaired) electrons. The fourth-order valence-corrected chi connectivity index (χ4v) is 3.99. The van der Waals surface area contributed by atoms with Gasteiger partial charge in [0.05, 0.1) is 5.69 Å². The summed E-state index contributed by atoms with van der Waals surface area (Å²) in [5, 5.41) is 7.24. The standard InChI is InChI=1S/C25H29N5.C2H7N.2C2H6/c1-2-6-22-14-16-27-25(29-22)30-23-12-10-21(11-13-23)28-18-19-7-5-8-20(17-19)24-9-3-4-15-26-24;1-2-3;2*1-2/h2-5,7-9,14-17,21,23,28H,1,6,10-13,18H2,(H,27,29,30);2-3H2,1H3;2*1-2H3. The molecule has 1 saturated carbocycles. The van der Waals surface area contributed by atoms with Crippen LogP contribution in [-0.2, 0) is 13.0 Å². The Labute approximate surface area is 225 Å². The van der Waals surface area contributed by atoms with E-state index in [1.807, 2.05) is 71.3 Å². The van der Waals surface area contributed by atoms with Crippen molar-refractivity contribution in [1.82, 2.24) is 20.3 Å². The number of benzene rings is 1. The van der Waals surface area contributed by atoms with Crippen LogP contribution in [0, 0.1) is 0 Å². The summed E-state index contributed by atoms with van der Waals surface area (Å²) in [6.07, 6.45) is 10.9. The third-order valence-corrected chi connectivity index (χ3v) is 5.61. The fraction of sp³-hybridized carbons (Fsp3) is 0.452. The molecule has 2 aromatic heterocycles. The molecule has 6 heteroatoms. The minimum Gasteiger partial charge on any atom is -0.351 e. The minimum absolute atomic E-state index is 0.439. The first-order valence-corrected chi connectivity index (χ1v) is 13.8. The van der Waals surface area contributed by atoms with Gasteiger partial charge in [-0.2, -0.15) is 0 Å². The van der Waals surface area contributed by atoms with Gasteiger partial charge in [-0.3, -0.25) is 4.98 Å². The SMILES string of the molecule is C=CCc1ccnc(NC2CCC(NCc3cccc(-c4ccccn4)c3)CC2)n1.CC.CC.CCN. The molecule has 0 atom stereocenters. The molecule has 37 heavy (non-hydrogen) atoms. The second-order valence-electron chi connectivity index (χ2n) is 8.26. The Morgan fingerprint density at radius 1 is 0.919 bits per heavy atom. The summed E-state index contributed by atoms with van der Waals surface area (Å²) in [5.74, 6) is 0.733. The van der Waals surface area contributed by atoms with Crippen LogP contribution in [0.1, 0.15) is 71.6 Å². The highest BCUT2D eigenvalue weighted by atomic mass is 15.1. The number of anilines is 1. The summed E-state index contributed by atoms with van der Waals surface area (Å²) >= 11 is 0.